The maximum absolute atomic E-state index is 13.0. The Kier molecular flexibility index (Phi) is 6.69. The van der Waals surface area contributed by atoms with Gasteiger partial charge in [-0.3, -0.25) is 9.59 Å². The largest absolute Gasteiger partial charge is 0.497 e. The summed E-state index contributed by atoms with van der Waals surface area (Å²) in [4.78, 5) is 42.5. The normalized spacial score (nSPS) is 10.8. The highest BCUT2D eigenvalue weighted by Crippen LogP contribution is 2.30. The SMILES string of the molecule is CCOC(=O)c1ccccc1NC(=O)Cn1nc(-c2ccc(OC)cc2)c2sc(C)nc2c1=O. The first-order chi connectivity index (χ1) is 16.4. The number of carbonyl (C=O) groups is 2. The number of thiazole rings is 1. The molecule has 174 valence electrons. The summed E-state index contributed by atoms with van der Waals surface area (Å²) in [6, 6.07) is 13.8. The van der Waals surface area contributed by atoms with Crippen LogP contribution < -0.4 is 15.6 Å². The van der Waals surface area contributed by atoms with Gasteiger partial charge in [-0.15, -0.1) is 11.3 Å². The summed E-state index contributed by atoms with van der Waals surface area (Å²) in [6.07, 6.45) is 0. The van der Waals surface area contributed by atoms with E-state index in [1.807, 2.05) is 19.1 Å². The van der Waals surface area contributed by atoms with E-state index >= 15 is 0 Å². The lowest BCUT2D eigenvalue weighted by Gasteiger charge is -2.12. The van der Waals surface area contributed by atoms with Crippen LogP contribution in [0.15, 0.2) is 53.3 Å². The number of nitrogens with one attached hydrogen (secondary N) is 1. The Morgan fingerprint density at radius 2 is 1.85 bits per heavy atom. The standard InChI is InChI=1S/C24H22N4O5S/c1-4-33-24(31)17-7-5-6-8-18(17)26-19(29)13-28-23(30)21-22(34-14(2)25-21)20(27-28)15-9-11-16(32-3)12-10-15/h5-12H,4,13H2,1-3H3,(H,26,29). The van der Waals surface area contributed by atoms with Crippen molar-refractivity contribution in [3.8, 4) is 17.0 Å². The fraction of sp³-hybridized carbons (Fsp3) is 0.208. The predicted molar refractivity (Wildman–Crippen MR) is 129 cm³/mol. The summed E-state index contributed by atoms with van der Waals surface area (Å²) < 4.78 is 12.0. The number of aryl methyl sites for hydroxylation is 1. The minimum absolute atomic E-state index is 0.210. The summed E-state index contributed by atoms with van der Waals surface area (Å²) in [5.74, 6) is -0.373. The third-order valence-electron chi connectivity index (χ3n) is 4.96. The van der Waals surface area contributed by atoms with Crippen molar-refractivity contribution in [1.29, 1.82) is 0 Å². The summed E-state index contributed by atoms with van der Waals surface area (Å²) in [7, 11) is 1.58. The Morgan fingerprint density at radius 3 is 2.56 bits per heavy atom. The molecule has 0 spiro atoms. The molecule has 0 aliphatic heterocycles. The fourth-order valence-corrected chi connectivity index (χ4v) is 4.33. The number of ether oxygens (including phenoxy) is 2. The minimum atomic E-state index is -0.546. The van der Waals surface area contributed by atoms with Crippen LogP contribution in [-0.4, -0.2) is 40.4 Å². The number of amides is 1. The van der Waals surface area contributed by atoms with Crippen LogP contribution in [0.1, 0.15) is 22.3 Å². The third-order valence-corrected chi connectivity index (χ3v) is 5.94. The number of methoxy groups -OCH3 is 1. The number of hydrogen-bond acceptors (Lipinski definition) is 8. The van der Waals surface area contributed by atoms with Crippen molar-refractivity contribution in [3.63, 3.8) is 0 Å². The number of rotatable bonds is 7. The minimum Gasteiger partial charge on any atom is -0.497 e. The molecule has 0 fully saturated rings. The van der Waals surface area contributed by atoms with Crippen LogP contribution >= 0.6 is 11.3 Å². The lowest BCUT2D eigenvalue weighted by atomic mass is 10.1. The highest BCUT2D eigenvalue weighted by molar-refractivity contribution is 7.19. The van der Waals surface area contributed by atoms with Gasteiger partial charge in [0.15, 0.2) is 5.52 Å². The molecule has 4 aromatic rings. The summed E-state index contributed by atoms with van der Waals surface area (Å²) in [5, 5.41) is 7.89. The molecule has 2 aromatic carbocycles. The lowest BCUT2D eigenvalue weighted by Crippen LogP contribution is -2.30. The van der Waals surface area contributed by atoms with Crippen molar-refractivity contribution < 1.29 is 19.1 Å². The number of fused-ring (bicyclic) bond motifs is 1. The molecule has 0 unspecified atom stereocenters. The Hall–Kier alpha value is -4.05. The summed E-state index contributed by atoms with van der Waals surface area (Å²) in [6.45, 7) is 3.37. The number of hydrogen-bond donors (Lipinski definition) is 1. The van der Waals surface area contributed by atoms with Crippen molar-refractivity contribution in [2.75, 3.05) is 19.0 Å². The lowest BCUT2D eigenvalue weighted by molar-refractivity contribution is -0.117. The highest BCUT2D eigenvalue weighted by atomic mass is 32.1. The molecule has 0 aliphatic rings. The van der Waals surface area contributed by atoms with Crippen LogP contribution in [0.3, 0.4) is 0 Å². The van der Waals surface area contributed by atoms with Crippen molar-refractivity contribution in [2.24, 2.45) is 0 Å². The Bertz CT molecular complexity index is 1430. The molecule has 1 N–H and O–H groups in total. The number of carbonyl (C=O) groups excluding carboxylic acids is 2. The first-order valence-corrected chi connectivity index (χ1v) is 11.3. The van der Waals surface area contributed by atoms with Crippen LogP contribution in [-0.2, 0) is 16.1 Å². The molecule has 0 saturated heterocycles. The molecule has 2 heterocycles. The van der Waals surface area contributed by atoms with Gasteiger partial charge in [-0.05, 0) is 50.2 Å². The van der Waals surface area contributed by atoms with Crippen LogP contribution in [0.25, 0.3) is 21.5 Å². The van der Waals surface area contributed by atoms with Gasteiger partial charge in [0.2, 0.25) is 5.91 Å². The van der Waals surface area contributed by atoms with E-state index in [2.05, 4.69) is 15.4 Å². The van der Waals surface area contributed by atoms with Gasteiger partial charge in [0.05, 0.1) is 34.7 Å². The van der Waals surface area contributed by atoms with Crippen molar-refractivity contribution in [3.05, 3.63) is 69.5 Å². The second-order valence-electron chi connectivity index (χ2n) is 7.26. The van der Waals surface area contributed by atoms with Gasteiger partial charge >= 0.3 is 5.97 Å². The van der Waals surface area contributed by atoms with Gasteiger partial charge < -0.3 is 14.8 Å². The maximum Gasteiger partial charge on any atom is 0.340 e. The van der Waals surface area contributed by atoms with Crippen LogP contribution in [0, 0.1) is 6.92 Å². The van der Waals surface area contributed by atoms with E-state index in [0.29, 0.717) is 26.8 Å². The molecule has 0 bridgehead atoms. The molecule has 0 saturated carbocycles. The molecule has 9 nitrogen and oxygen atoms in total. The van der Waals surface area contributed by atoms with E-state index in [1.54, 1.807) is 50.4 Å². The van der Waals surface area contributed by atoms with Gasteiger partial charge in [-0.25, -0.2) is 14.5 Å². The van der Waals surface area contributed by atoms with Crippen LogP contribution in [0.5, 0.6) is 5.75 Å². The molecule has 0 radical (unpaired) electrons. The Balaban J connectivity index is 1.69. The molecule has 34 heavy (non-hydrogen) atoms. The van der Waals surface area contributed by atoms with Gasteiger partial charge in [0.25, 0.3) is 5.56 Å². The van der Waals surface area contributed by atoms with Gasteiger partial charge in [0, 0.05) is 5.56 Å². The third kappa shape index (κ3) is 4.67. The molecular formula is C24H22N4O5S. The zero-order chi connectivity index (χ0) is 24.2. The topological polar surface area (TPSA) is 112 Å². The van der Waals surface area contributed by atoms with E-state index < -0.39 is 17.4 Å². The zero-order valence-electron chi connectivity index (χ0n) is 18.8. The predicted octanol–water partition coefficient (Wildman–Crippen LogP) is 3.65. The molecule has 4 rings (SSSR count). The monoisotopic (exact) mass is 478 g/mol. The molecule has 1 amide bonds. The number of benzene rings is 2. The summed E-state index contributed by atoms with van der Waals surface area (Å²) >= 11 is 1.37. The Morgan fingerprint density at radius 1 is 1.12 bits per heavy atom. The molecule has 0 atom stereocenters. The van der Waals surface area contributed by atoms with Gasteiger partial charge in [-0.2, -0.15) is 5.10 Å². The van der Waals surface area contributed by atoms with E-state index in [-0.39, 0.29) is 24.2 Å². The average Bonchev–Trinajstić information content (AvgIpc) is 3.23. The smallest absolute Gasteiger partial charge is 0.340 e. The second kappa shape index (κ2) is 9.84. The highest BCUT2D eigenvalue weighted by Gasteiger charge is 2.19. The second-order valence-corrected chi connectivity index (χ2v) is 8.47. The number of anilines is 1. The van der Waals surface area contributed by atoms with E-state index in [4.69, 9.17) is 9.47 Å². The number of nitrogens with zero attached hydrogens (tertiary/aromatic N) is 3. The quantitative estimate of drug-likeness (QED) is 0.404. The molecule has 0 aliphatic carbocycles. The molecule has 10 heteroatoms. The summed E-state index contributed by atoms with van der Waals surface area (Å²) in [5.41, 5.74) is 1.61. The fourth-order valence-electron chi connectivity index (χ4n) is 3.42. The zero-order valence-corrected chi connectivity index (χ0v) is 19.6. The average molecular weight is 479 g/mol. The number of para-hydroxylation sites is 1. The first kappa shape index (κ1) is 23.1. The van der Waals surface area contributed by atoms with Crippen molar-refractivity contribution in [1.82, 2.24) is 14.8 Å². The molecular weight excluding hydrogens is 456 g/mol. The van der Waals surface area contributed by atoms with Gasteiger partial charge in [0.1, 0.15) is 18.0 Å². The van der Waals surface area contributed by atoms with Gasteiger partial charge in [-0.1, -0.05) is 12.1 Å². The van der Waals surface area contributed by atoms with E-state index in [9.17, 15) is 14.4 Å². The van der Waals surface area contributed by atoms with E-state index in [0.717, 1.165) is 10.2 Å². The van der Waals surface area contributed by atoms with Crippen LogP contribution in [0.4, 0.5) is 5.69 Å². The first-order valence-electron chi connectivity index (χ1n) is 10.5. The number of esters is 1. The van der Waals surface area contributed by atoms with E-state index in [1.165, 1.54) is 11.3 Å². The van der Waals surface area contributed by atoms with Crippen LogP contribution in [0.2, 0.25) is 0 Å². The van der Waals surface area contributed by atoms with Crippen molar-refractivity contribution >= 4 is 39.1 Å². The van der Waals surface area contributed by atoms with Crippen molar-refractivity contribution in [2.45, 2.75) is 20.4 Å². The maximum atomic E-state index is 13.0. The Labute approximate surface area is 199 Å². The number of aromatic nitrogens is 3. The molecule has 2 aromatic heterocycles.